The molecule has 0 radical (unpaired) electrons. The van der Waals surface area contributed by atoms with E-state index < -0.39 is 5.82 Å². The minimum atomic E-state index is -0.535. The summed E-state index contributed by atoms with van der Waals surface area (Å²) in [5.41, 5.74) is 0.0423. The lowest BCUT2D eigenvalue weighted by molar-refractivity contribution is 0.280. The van der Waals surface area contributed by atoms with Crippen LogP contribution in [0, 0.1) is 17.1 Å². The number of hydrogen-bond donors (Lipinski definition) is 0. The maximum atomic E-state index is 13.2. The molecule has 1 aromatic carbocycles. The summed E-state index contributed by atoms with van der Waals surface area (Å²) in [4.78, 5) is 2.06. The largest absolute Gasteiger partial charge is 0.493 e. The van der Waals surface area contributed by atoms with Crippen molar-refractivity contribution in [2.24, 2.45) is 0 Å². The van der Waals surface area contributed by atoms with Crippen molar-refractivity contribution in [1.29, 1.82) is 5.26 Å². The Morgan fingerprint density at radius 1 is 1.44 bits per heavy atom. The molecule has 0 saturated carbocycles. The van der Waals surface area contributed by atoms with E-state index in [0.29, 0.717) is 12.4 Å². The number of halogens is 1. The van der Waals surface area contributed by atoms with Crippen LogP contribution in [0.15, 0.2) is 18.2 Å². The van der Waals surface area contributed by atoms with Gasteiger partial charge in [-0.3, -0.25) is 0 Å². The Kier molecular flexibility index (Phi) is 4.74. The predicted molar refractivity (Wildman–Crippen MR) is 59.8 cm³/mol. The van der Waals surface area contributed by atoms with Gasteiger partial charge >= 0.3 is 0 Å². The van der Waals surface area contributed by atoms with E-state index in [9.17, 15) is 4.39 Å². The van der Waals surface area contributed by atoms with Crippen LogP contribution in [0.25, 0.3) is 0 Å². The van der Waals surface area contributed by atoms with Crippen LogP contribution in [0.2, 0.25) is 0 Å². The van der Waals surface area contributed by atoms with E-state index in [2.05, 4.69) is 4.90 Å². The lowest BCUT2D eigenvalue weighted by Gasteiger charge is -2.10. The third-order valence-electron chi connectivity index (χ3n) is 2.08. The van der Waals surface area contributed by atoms with Gasteiger partial charge in [0.2, 0.25) is 0 Å². The molecule has 16 heavy (non-hydrogen) atoms. The minimum Gasteiger partial charge on any atom is -0.493 e. The van der Waals surface area contributed by atoms with Gasteiger partial charge in [0, 0.05) is 12.6 Å². The number of rotatable bonds is 5. The number of nitriles is 1. The van der Waals surface area contributed by atoms with E-state index >= 15 is 0 Å². The second-order valence-corrected chi connectivity index (χ2v) is 3.76. The molecule has 0 bridgehead atoms. The number of benzene rings is 1. The molecule has 0 aliphatic carbocycles. The van der Waals surface area contributed by atoms with Gasteiger partial charge in [-0.05, 0) is 32.6 Å². The van der Waals surface area contributed by atoms with Crippen LogP contribution in [-0.4, -0.2) is 32.1 Å². The van der Waals surface area contributed by atoms with Crippen molar-refractivity contribution in [2.75, 3.05) is 27.2 Å². The monoisotopic (exact) mass is 222 g/mol. The second-order valence-electron chi connectivity index (χ2n) is 3.76. The highest BCUT2D eigenvalue weighted by atomic mass is 19.1. The molecule has 0 aliphatic heterocycles. The number of ether oxygens (including phenoxy) is 1. The van der Waals surface area contributed by atoms with E-state index in [-0.39, 0.29) is 5.56 Å². The predicted octanol–water partition coefficient (Wildman–Crippen LogP) is 2.03. The quantitative estimate of drug-likeness (QED) is 0.715. The maximum Gasteiger partial charge on any atom is 0.144 e. The van der Waals surface area contributed by atoms with Crippen molar-refractivity contribution in [2.45, 2.75) is 6.42 Å². The van der Waals surface area contributed by atoms with Crippen molar-refractivity contribution >= 4 is 0 Å². The van der Waals surface area contributed by atoms with Gasteiger partial charge in [-0.2, -0.15) is 5.26 Å². The summed E-state index contributed by atoms with van der Waals surface area (Å²) in [6, 6.07) is 6.05. The zero-order chi connectivity index (χ0) is 12.0. The van der Waals surface area contributed by atoms with E-state index in [1.807, 2.05) is 14.1 Å². The van der Waals surface area contributed by atoms with Gasteiger partial charge in [-0.25, -0.2) is 4.39 Å². The van der Waals surface area contributed by atoms with Crippen molar-refractivity contribution in [3.8, 4) is 11.8 Å². The lowest BCUT2D eigenvalue weighted by Crippen LogP contribution is -2.15. The summed E-state index contributed by atoms with van der Waals surface area (Å²) in [6.45, 7) is 1.47. The highest BCUT2D eigenvalue weighted by Gasteiger charge is 2.03. The molecule has 4 heteroatoms. The molecule has 1 rings (SSSR count). The standard InChI is InChI=1S/C12H15FN2O/c1-15(2)6-3-7-16-11-5-4-10(9-14)12(13)8-11/h4-5,8H,3,6-7H2,1-2H3. The van der Waals surface area contributed by atoms with Crippen LogP contribution < -0.4 is 4.74 Å². The van der Waals surface area contributed by atoms with Crippen molar-refractivity contribution in [1.82, 2.24) is 4.90 Å². The lowest BCUT2D eigenvalue weighted by atomic mass is 10.2. The first-order chi connectivity index (χ1) is 7.63. The van der Waals surface area contributed by atoms with Crippen LogP contribution in [0.5, 0.6) is 5.75 Å². The highest BCUT2D eigenvalue weighted by Crippen LogP contribution is 2.16. The van der Waals surface area contributed by atoms with E-state index in [0.717, 1.165) is 13.0 Å². The Labute approximate surface area is 95.1 Å². The molecule has 86 valence electrons. The topological polar surface area (TPSA) is 36.3 Å². The Morgan fingerprint density at radius 3 is 2.75 bits per heavy atom. The molecule has 0 amide bonds. The van der Waals surface area contributed by atoms with Gasteiger partial charge in [0.15, 0.2) is 0 Å². The summed E-state index contributed by atoms with van der Waals surface area (Å²) in [5, 5.41) is 8.55. The van der Waals surface area contributed by atoms with Crippen molar-refractivity contribution in [3.63, 3.8) is 0 Å². The summed E-state index contributed by atoms with van der Waals surface area (Å²) in [7, 11) is 3.97. The number of hydrogen-bond acceptors (Lipinski definition) is 3. The maximum absolute atomic E-state index is 13.2. The molecule has 3 nitrogen and oxygen atoms in total. The second kappa shape index (κ2) is 6.09. The first kappa shape index (κ1) is 12.5. The molecule has 0 aromatic heterocycles. The average Bonchev–Trinajstić information content (AvgIpc) is 2.24. The van der Waals surface area contributed by atoms with Gasteiger partial charge < -0.3 is 9.64 Å². The Hall–Kier alpha value is -1.60. The van der Waals surface area contributed by atoms with E-state index in [1.165, 1.54) is 12.1 Å². The van der Waals surface area contributed by atoms with Gasteiger partial charge in [-0.1, -0.05) is 0 Å². The van der Waals surface area contributed by atoms with E-state index in [1.54, 1.807) is 12.1 Å². The van der Waals surface area contributed by atoms with E-state index in [4.69, 9.17) is 10.00 Å². The molecule has 0 saturated heterocycles. The SMILES string of the molecule is CN(C)CCCOc1ccc(C#N)c(F)c1. The minimum absolute atomic E-state index is 0.0423. The van der Waals surface area contributed by atoms with Gasteiger partial charge in [0.05, 0.1) is 12.2 Å². The molecule has 1 aromatic rings. The zero-order valence-corrected chi connectivity index (χ0v) is 9.53. The fourth-order valence-electron chi connectivity index (χ4n) is 1.25. The first-order valence-electron chi connectivity index (χ1n) is 5.10. The molecule has 0 heterocycles. The third kappa shape index (κ3) is 3.87. The zero-order valence-electron chi connectivity index (χ0n) is 9.53. The van der Waals surface area contributed by atoms with Crippen molar-refractivity contribution < 1.29 is 9.13 Å². The van der Waals surface area contributed by atoms with Crippen LogP contribution in [0.1, 0.15) is 12.0 Å². The third-order valence-corrected chi connectivity index (χ3v) is 2.08. The fraction of sp³-hybridized carbons (Fsp3) is 0.417. The molecule has 0 atom stereocenters. The van der Waals surface area contributed by atoms with Gasteiger partial charge in [0.25, 0.3) is 0 Å². The average molecular weight is 222 g/mol. The Bertz CT molecular complexity index is 385. The van der Waals surface area contributed by atoms with Gasteiger partial charge in [0.1, 0.15) is 17.6 Å². The van der Waals surface area contributed by atoms with Crippen LogP contribution >= 0.6 is 0 Å². The van der Waals surface area contributed by atoms with Crippen LogP contribution in [0.4, 0.5) is 4.39 Å². The Balaban J connectivity index is 2.44. The van der Waals surface area contributed by atoms with Gasteiger partial charge in [-0.15, -0.1) is 0 Å². The first-order valence-corrected chi connectivity index (χ1v) is 5.10. The summed E-state index contributed by atoms with van der Waals surface area (Å²) in [5.74, 6) is -0.0668. The normalized spacial score (nSPS) is 10.2. The molecule has 0 unspecified atom stereocenters. The molecule has 0 aliphatic rings. The summed E-state index contributed by atoms with van der Waals surface area (Å²) in [6.07, 6.45) is 0.884. The Morgan fingerprint density at radius 2 is 2.19 bits per heavy atom. The van der Waals surface area contributed by atoms with Crippen molar-refractivity contribution in [3.05, 3.63) is 29.6 Å². The molecule has 0 fully saturated rings. The molecule has 0 N–H and O–H groups in total. The van der Waals surface area contributed by atoms with Crippen LogP contribution in [0.3, 0.4) is 0 Å². The molecule has 0 spiro atoms. The summed E-state index contributed by atoms with van der Waals surface area (Å²) >= 11 is 0. The fourth-order valence-corrected chi connectivity index (χ4v) is 1.25. The summed E-state index contributed by atoms with van der Waals surface area (Å²) < 4.78 is 18.5. The number of nitrogens with zero attached hydrogens (tertiary/aromatic N) is 2. The molecular weight excluding hydrogens is 207 g/mol. The highest BCUT2D eigenvalue weighted by molar-refractivity contribution is 5.36. The molecular formula is C12H15FN2O. The van der Waals surface area contributed by atoms with Crippen LogP contribution in [-0.2, 0) is 0 Å². The smallest absolute Gasteiger partial charge is 0.144 e.